The quantitative estimate of drug-likeness (QED) is 0.673. The van der Waals surface area contributed by atoms with Crippen LogP contribution in [0.2, 0.25) is 0 Å². The van der Waals surface area contributed by atoms with Gasteiger partial charge in [-0.3, -0.25) is 9.59 Å². The number of nitrogens with two attached hydrogens (primary N) is 1. The second kappa shape index (κ2) is 4.44. The van der Waals surface area contributed by atoms with Crippen molar-refractivity contribution in [3.8, 4) is 0 Å². The Balaban J connectivity index is 2.20. The second-order valence-corrected chi connectivity index (χ2v) is 3.20. The Morgan fingerprint density at radius 2 is 2.18 bits per heavy atom. The van der Waals surface area contributed by atoms with Gasteiger partial charge in [0, 0.05) is 12.3 Å². The van der Waals surface area contributed by atoms with E-state index in [9.17, 15) is 9.59 Å². The molecule has 17 heavy (non-hydrogen) atoms. The summed E-state index contributed by atoms with van der Waals surface area (Å²) in [4.78, 5) is 26.3. The number of H-pyrrole nitrogens is 1. The summed E-state index contributed by atoms with van der Waals surface area (Å²) in [5.74, 6) is -0.0672. The van der Waals surface area contributed by atoms with Gasteiger partial charge in [-0.2, -0.15) is 5.10 Å². The van der Waals surface area contributed by atoms with E-state index in [0.29, 0.717) is 0 Å². The number of nitrogens with zero attached hydrogens (tertiary/aromatic N) is 2. The van der Waals surface area contributed by atoms with Crippen molar-refractivity contribution >= 4 is 17.5 Å². The Kier molecular flexibility index (Phi) is 2.82. The standard InChI is InChI=1S/C10H9N5O2/c11-9-6(2-1-5-12-9)10(17)13-7-3-4-8(16)15-14-7/h1-5H,(H2,11,12)(H,15,16)(H,13,14,17). The van der Waals surface area contributed by atoms with Crippen LogP contribution in [-0.2, 0) is 0 Å². The van der Waals surface area contributed by atoms with Gasteiger partial charge in [0.05, 0.1) is 5.56 Å². The first kappa shape index (κ1) is 10.8. The summed E-state index contributed by atoms with van der Waals surface area (Å²) in [6.07, 6.45) is 1.49. The molecule has 0 atom stereocenters. The Bertz CT molecular complexity index is 587. The van der Waals surface area contributed by atoms with Gasteiger partial charge in [0.2, 0.25) is 0 Å². The molecule has 0 bridgehead atoms. The van der Waals surface area contributed by atoms with Gasteiger partial charge in [0.25, 0.3) is 11.5 Å². The number of nitrogen functional groups attached to an aromatic ring is 1. The molecule has 0 radical (unpaired) electrons. The SMILES string of the molecule is Nc1ncccc1C(=O)Nc1ccc(=O)[nH]n1. The van der Waals surface area contributed by atoms with Crippen molar-refractivity contribution in [2.75, 3.05) is 11.1 Å². The Hall–Kier alpha value is -2.70. The third-order valence-corrected chi connectivity index (χ3v) is 2.00. The molecule has 2 aromatic heterocycles. The van der Waals surface area contributed by atoms with Crippen LogP contribution in [0.3, 0.4) is 0 Å². The fourth-order valence-corrected chi connectivity index (χ4v) is 1.21. The highest BCUT2D eigenvalue weighted by atomic mass is 16.2. The molecular formula is C10H9N5O2. The first-order valence-electron chi connectivity index (χ1n) is 4.74. The van der Waals surface area contributed by atoms with E-state index in [1.54, 1.807) is 12.1 Å². The number of aromatic amines is 1. The Morgan fingerprint density at radius 3 is 2.82 bits per heavy atom. The van der Waals surface area contributed by atoms with Crippen LogP contribution in [0.5, 0.6) is 0 Å². The number of amides is 1. The van der Waals surface area contributed by atoms with Gasteiger partial charge in [-0.05, 0) is 18.2 Å². The van der Waals surface area contributed by atoms with Gasteiger partial charge in [-0.1, -0.05) is 0 Å². The molecule has 2 rings (SSSR count). The summed E-state index contributed by atoms with van der Waals surface area (Å²) in [6, 6.07) is 5.80. The summed E-state index contributed by atoms with van der Waals surface area (Å²) >= 11 is 0. The average Bonchev–Trinajstić information content (AvgIpc) is 2.32. The molecule has 0 aliphatic rings. The minimum absolute atomic E-state index is 0.134. The van der Waals surface area contributed by atoms with E-state index in [-0.39, 0.29) is 22.8 Å². The molecular weight excluding hydrogens is 222 g/mol. The summed E-state index contributed by atoms with van der Waals surface area (Å²) in [6.45, 7) is 0. The monoisotopic (exact) mass is 231 g/mol. The molecule has 0 saturated heterocycles. The maximum atomic E-state index is 11.8. The second-order valence-electron chi connectivity index (χ2n) is 3.20. The van der Waals surface area contributed by atoms with Crippen LogP contribution in [0.25, 0.3) is 0 Å². The normalized spacial score (nSPS) is 9.88. The number of carbonyl (C=O) groups excluding carboxylic acids is 1. The van der Waals surface area contributed by atoms with Crippen LogP contribution in [-0.4, -0.2) is 21.1 Å². The van der Waals surface area contributed by atoms with E-state index >= 15 is 0 Å². The Morgan fingerprint density at radius 1 is 1.35 bits per heavy atom. The minimum atomic E-state index is -0.435. The van der Waals surface area contributed by atoms with E-state index < -0.39 is 5.91 Å². The van der Waals surface area contributed by atoms with Crippen molar-refractivity contribution in [2.24, 2.45) is 0 Å². The molecule has 0 aliphatic heterocycles. The largest absolute Gasteiger partial charge is 0.383 e. The molecule has 86 valence electrons. The summed E-state index contributed by atoms with van der Waals surface area (Å²) < 4.78 is 0. The molecule has 0 fully saturated rings. The van der Waals surface area contributed by atoms with Crippen molar-refractivity contribution in [1.29, 1.82) is 0 Å². The number of hydrogen-bond donors (Lipinski definition) is 3. The molecule has 2 heterocycles. The third kappa shape index (κ3) is 2.46. The van der Waals surface area contributed by atoms with Crippen molar-refractivity contribution in [1.82, 2.24) is 15.2 Å². The first-order valence-corrected chi connectivity index (χ1v) is 4.74. The van der Waals surface area contributed by atoms with Crippen LogP contribution in [0, 0.1) is 0 Å². The number of aromatic nitrogens is 3. The molecule has 0 unspecified atom stereocenters. The van der Waals surface area contributed by atoms with Gasteiger partial charge in [0.1, 0.15) is 5.82 Å². The summed E-state index contributed by atoms with van der Waals surface area (Å²) in [5.41, 5.74) is 5.46. The number of pyridine rings is 1. The van der Waals surface area contributed by atoms with Crippen molar-refractivity contribution in [2.45, 2.75) is 0 Å². The van der Waals surface area contributed by atoms with Gasteiger partial charge >= 0.3 is 0 Å². The molecule has 0 saturated carbocycles. The van der Waals surface area contributed by atoms with Crippen LogP contribution < -0.4 is 16.6 Å². The average molecular weight is 231 g/mol. The van der Waals surface area contributed by atoms with Gasteiger partial charge in [-0.25, -0.2) is 10.1 Å². The van der Waals surface area contributed by atoms with Crippen molar-refractivity contribution in [3.05, 3.63) is 46.4 Å². The van der Waals surface area contributed by atoms with Crippen molar-refractivity contribution in [3.63, 3.8) is 0 Å². The lowest BCUT2D eigenvalue weighted by atomic mass is 10.2. The van der Waals surface area contributed by atoms with Crippen LogP contribution in [0.15, 0.2) is 35.3 Å². The van der Waals surface area contributed by atoms with E-state index in [0.717, 1.165) is 0 Å². The van der Waals surface area contributed by atoms with Gasteiger partial charge in [0.15, 0.2) is 5.82 Å². The van der Waals surface area contributed by atoms with E-state index in [1.165, 1.54) is 18.3 Å². The number of carbonyl (C=O) groups is 1. The fraction of sp³-hybridized carbons (Fsp3) is 0. The van der Waals surface area contributed by atoms with Crippen LogP contribution in [0.4, 0.5) is 11.6 Å². The van der Waals surface area contributed by atoms with Crippen molar-refractivity contribution < 1.29 is 4.79 Å². The van der Waals surface area contributed by atoms with Gasteiger partial charge in [-0.15, -0.1) is 0 Å². The number of nitrogens with one attached hydrogen (secondary N) is 2. The highest BCUT2D eigenvalue weighted by molar-refractivity contribution is 6.06. The molecule has 0 spiro atoms. The number of rotatable bonds is 2. The predicted molar refractivity (Wildman–Crippen MR) is 61.5 cm³/mol. The molecule has 4 N–H and O–H groups in total. The zero-order valence-corrected chi connectivity index (χ0v) is 8.68. The summed E-state index contributed by atoms with van der Waals surface area (Å²) in [5, 5.41) is 8.33. The van der Waals surface area contributed by atoms with E-state index in [4.69, 9.17) is 5.73 Å². The number of anilines is 2. The molecule has 0 aliphatic carbocycles. The molecule has 2 aromatic rings. The lowest BCUT2D eigenvalue weighted by Gasteiger charge is -2.04. The molecule has 1 amide bonds. The van der Waals surface area contributed by atoms with Crippen LogP contribution in [0.1, 0.15) is 10.4 Å². The molecule has 7 nitrogen and oxygen atoms in total. The smallest absolute Gasteiger partial charge is 0.264 e. The molecule has 7 heteroatoms. The highest BCUT2D eigenvalue weighted by Gasteiger charge is 2.10. The zero-order chi connectivity index (χ0) is 12.3. The molecule has 0 aromatic carbocycles. The summed E-state index contributed by atoms with van der Waals surface area (Å²) in [7, 11) is 0. The predicted octanol–water partition coefficient (Wildman–Crippen LogP) is -0.000600. The zero-order valence-electron chi connectivity index (χ0n) is 8.68. The van der Waals surface area contributed by atoms with Gasteiger partial charge < -0.3 is 11.1 Å². The maximum Gasteiger partial charge on any atom is 0.264 e. The minimum Gasteiger partial charge on any atom is -0.383 e. The Labute approximate surface area is 95.7 Å². The maximum absolute atomic E-state index is 11.8. The lowest BCUT2D eigenvalue weighted by Crippen LogP contribution is -2.17. The fourth-order valence-electron chi connectivity index (χ4n) is 1.21. The first-order chi connectivity index (χ1) is 8.16. The highest BCUT2D eigenvalue weighted by Crippen LogP contribution is 2.09. The third-order valence-electron chi connectivity index (χ3n) is 2.00. The lowest BCUT2D eigenvalue weighted by molar-refractivity contribution is 0.102. The van der Waals surface area contributed by atoms with E-state index in [1.807, 2.05) is 0 Å². The van der Waals surface area contributed by atoms with Crippen LogP contribution >= 0.6 is 0 Å². The number of hydrogen-bond acceptors (Lipinski definition) is 5. The van der Waals surface area contributed by atoms with E-state index in [2.05, 4.69) is 20.5 Å². The topological polar surface area (TPSA) is 114 Å².